The van der Waals surface area contributed by atoms with Crippen molar-refractivity contribution in [2.24, 2.45) is 0 Å². The predicted molar refractivity (Wildman–Crippen MR) is 90.6 cm³/mol. The van der Waals surface area contributed by atoms with Gasteiger partial charge in [0.15, 0.2) is 0 Å². The second-order valence-corrected chi connectivity index (χ2v) is 5.62. The summed E-state index contributed by atoms with van der Waals surface area (Å²) in [4.78, 5) is 2.27. The van der Waals surface area contributed by atoms with Crippen molar-refractivity contribution in [3.8, 4) is 6.07 Å². The van der Waals surface area contributed by atoms with Gasteiger partial charge < -0.3 is 4.90 Å². The Bertz CT molecular complexity index is 447. The molecular formula is C18H29N3. The number of anilines is 1. The highest BCUT2D eigenvalue weighted by molar-refractivity contribution is 5.46. The number of nitrogens with zero attached hydrogens (tertiary/aromatic N) is 2. The number of rotatable bonds is 9. The average molecular weight is 287 g/mol. The van der Waals surface area contributed by atoms with E-state index >= 15 is 0 Å². The topological polar surface area (TPSA) is 39.1 Å². The Morgan fingerprint density at radius 1 is 1.19 bits per heavy atom. The number of hydrogen-bond acceptors (Lipinski definition) is 3. The summed E-state index contributed by atoms with van der Waals surface area (Å²) in [6, 6.07) is 11.2. The second kappa shape index (κ2) is 8.69. The van der Waals surface area contributed by atoms with Crippen molar-refractivity contribution in [1.29, 1.82) is 5.26 Å². The van der Waals surface area contributed by atoms with Crippen LogP contribution in [-0.4, -0.2) is 25.7 Å². The van der Waals surface area contributed by atoms with Crippen molar-refractivity contribution in [1.82, 2.24) is 5.32 Å². The predicted octanol–water partition coefficient (Wildman–Crippen LogP) is 3.75. The maximum atomic E-state index is 9.42. The van der Waals surface area contributed by atoms with E-state index in [2.05, 4.69) is 68.4 Å². The third kappa shape index (κ3) is 5.06. The average Bonchev–Trinajstić information content (AvgIpc) is 2.54. The zero-order chi connectivity index (χ0) is 15.7. The van der Waals surface area contributed by atoms with Gasteiger partial charge in [-0.1, -0.05) is 32.9 Å². The van der Waals surface area contributed by atoms with Crippen LogP contribution in [0.1, 0.15) is 45.6 Å². The van der Waals surface area contributed by atoms with E-state index in [9.17, 15) is 5.26 Å². The van der Waals surface area contributed by atoms with Gasteiger partial charge >= 0.3 is 0 Å². The molecule has 0 aliphatic rings. The van der Waals surface area contributed by atoms with Gasteiger partial charge in [-0.15, -0.1) is 0 Å². The summed E-state index contributed by atoms with van der Waals surface area (Å²) in [5.41, 5.74) is 2.25. The fourth-order valence-electron chi connectivity index (χ4n) is 2.64. The van der Waals surface area contributed by atoms with Crippen LogP contribution in [0.2, 0.25) is 0 Å². The third-order valence-corrected chi connectivity index (χ3v) is 4.22. The first kappa shape index (κ1) is 17.5. The third-order valence-electron chi connectivity index (χ3n) is 4.22. The van der Waals surface area contributed by atoms with Crippen molar-refractivity contribution in [2.45, 2.75) is 52.0 Å². The lowest BCUT2D eigenvalue weighted by Gasteiger charge is -2.27. The molecule has 0 saturated heterocycles. The van der Waals surface area contributed by atoms with Gasteiger partial charge in [-0.25, -0.2) is 0 Å². The molecule has 21 heavy (non-hydrogen) atoms. The summed E-state index contributed by atoms with van der Waals surface area (Å²) < 4.78 is 0. The molecule has 1 N–H and O–H groups in total. The van der Waals surface area contributed by atoms with Crippen molar-refractivity contribution >= 4 is 5.69 Å². The molecule has 0 aromatic heterocycles. The van der Waals surface area contributed by atoms with Crippen LogP contribution in [-0.2, 0) is 6.42 Å². The summed E-state index contributed by atoms with van der Waals surface area (Å²) in [5, 5.41) is 12.8. The van der Waals surface area contributed by atoms with Crippen molar-refractivity contribution in [3.63, 3.8) is 0 Å². The fraction of sp³-hybridized carbons (Fsp3) is 0.611. The number of nitriles is 1. The highest BCUT2D eigenvalue weighted by Crippen LogP contribution is 2.19. The zero-order valence-corrected chi connectivity index (χ0v) is 13.9. The fourth-order valence-corrected chi connectivity index (χ4v) is 2.64. The Kier molecular flexibility index (Phi) is 7.25. The quantitative estimate of drug-likeness (QED) is 0.752. The summed E-state index contributed by atoms with van der Waals surface area (Å²) in [6.07, 6.45) is 3.84. The Morgan fingerprint density at radius 2 is 1.86 bits per heavy atom. The maximum absolute atomic E-state index is 9.42. The van der Waals surface area contributed by atoms with Crippen LogP contribution in [0.25, 0.3) is 0 Å². The van der Waals surface area contributed by atoms with E-state index in [1.807, 2.05) is 0 Å². The molecule has 0 aliphatic heterocycles. The molecule has 3 nitrogen and oxygen atoms in total. The molecular weight excluding hydrogens is 258 g/mol. The van der Waals surface area contributed by atoms with Gasteiger partial charge in [0.2, 0.25) is 0 Å². The molecule has 0 fully saturated rings. The van der Waals surface area contributed by atoms with Crippen molar-refractivity contribution in [3.05, 3.63) is 29.8 Å². The largest absolute Gasteiger partial charge is 0.375 e. The molecule has 0 bridgehead atoms. The standard InChI is InChI=1S/C18H29N3/c1-5-16-9-11-17(12-10-16)21(4)14-8-13-18(6-2,15-19)20-7-3/h9-12,20H,5-8,13-14H2,1-4H3. The summed E-state index contributed by atoms with van der Waals surface area (Å²) in [6.45, 7) is 8.13. The van der Waals surface area contributed by atoms with Crippen LogP contribution in [0.3, 0.4) is 0 Å². The van der Waals surface area contributed by atoms with E-state index < -0.39 is 0 Å². The normalized spacial score (nSPS) is 13.5. The van der Waals surface area contributed by atoms with Gasteiger partial charge in [0.1, 0.15) is 5.54 Å². The van der Waals surface area contributed by atoms with Crippen LogP contribution in [0.15, 0.2) is 24.3 Å². The van der Waals surface area contributed by atoms with E-state index in [1.165, 1.54) is 11.3 Å². The van der Waals surface area contributed by atoms with Crippen LogP contribution in [0.5, 0.6) is 0 Å². The molecule has 0 amide bonds. The first-order valence-corrected chi connectivity index (χ1v) is 8.07. The van der Waals surface area contributed by atoms with Gasteiger partial charge in [0, 0.05) is 19.3 Å². The van der Waals surface area contributed by atoms with Gasteiger partial charge in [0.25, 0.3) is 0 Å². The number of aryl methyl sites for hydroxylation is 1. The second-order valence-electron chi connectivity index (χ2n) is 5.62. The Labute approximate surface area is 130 Å². The summed E-state index contributed by atoms with van der Waals surface area (Å²) in [5.74, 6) is 0. The minimum atomic E-state index is -0.359. The first-order valence-electron chi connectivity index (χ1n) is 8.07. The SMILES string of the molecule is CCNC(C#N)(CC)CCCN(C)c1ccc(CC)cc1. The molecule has 116 valence electrons. The van der Waals surface area contributed by atoms with Gasteiger partial charge in [-0.2, -0.15) is 5.26 Å². The van der Waals surface area contributed by atoms with Crippen LogP contribution in [0.4, 0.5) is 5.69 Å². The van der Waals surface area contributed by atoms with Gasteiger partial charge in [0.05, 0.1) is 6.07 Å². The zero-order valence-electron chi connectivity index (χ0n) is 13.9. The molecule has 0 aliphatic carbocycles. The van der Waals surface area contributed by atoms with E-state index in [1.54, 1.807) is 0 Å². The van der Waals surface area contributed by atoms with Crippen molar-refractivity contribution < 1.29 is 0 Å². The molecule has 1 rings (SSSR count). The summed E-state index contributed by atoms with van der Waals surface area (Å²) in [7, 11) is 2.12. The van der Waals surface area contributed by atoms with Crippen LogP contribution < -0.4 is 10.2 Å². The Hall–Kier alpha value is -1.53. The van der Waals surface area contributed by atoms with Gasteiger partial charge in [-0.3, -0.25) is 5.32 Å². The lowest BCUT2D eigenvalue weighted by molar-refractivity contribution is 0.373. The van der Waals surface area contributed by atoms with Crippen molar-refractivity contribution in [2.75, 3.05) is 25.0 Å². The lowest BCUT2D eigenvalue weighted by atomic mass is 9.92. The number of nitrogens with one attached hydrogen (secondary N) is 1. The first-order chi connectivity index (χ1) is 10.1. The van der Waals surface area contributed by atoms with E-state index in [0.29, 0.717) is 0 Å². The highest BCUT2D eigenvalue weighted by Gasteiger charge is 2.25. The Balaban J connectivity index is 2.52. The molecule has 0 radical (unpaired) electrons. The van der Waals surface area contributed by atoms with E-state index in [-0.39, 0.29) is 5.54 Å². The minimum absolute atomic E-state index is 0.359. The van der Waals surface area contributed by atoms with Crippen LogP contribution in [0, 0.1) is 11.3 Å². The molecule has 3 heteroatoms. The molecule has 1 aromatic rings. The van der Waals surface area contributed by atoms with Crippen LogP contribution >= 0.6 is 0 Å². The lowest BCUT2D eigenvalue weighted by Crippen LogP contribution is -2.43. The Morgan fingerprint density at radius 3 is 2.33 bits per heavy atom. The molecule has 1 unspecified atom stereocenters. The molecule has 1 aromatic carbocycles. The monoisotopic (exact) mass is 287 g/mol. The van der Waals surface area contributed by atoms with Gasteiger partial charge in [-0.05, 0) is 49.9 Å². The molecule has 0 spiro atoms. The highest BCUT2D eigenvalue weighted by atomic mass is 15.1. The molecule has 0 heterocycles. The summed E-state index contributed by atoms with van der Waals surface area (Å²) >= 11 is 0. The van der Waals surface area contributed by atoms with E-state index in [4.69, 9.17) is 0 Å². The maximum Gasteiger partial charge on any atom is 0.106 e. The van der Waals surface area contributed by atoms with E-state index in [0.717, 1.165) is 38.8 Å². The number of hydrogen-bond donors (Lipinski definition) is 1. The smallest absolute Gasteiger partial charge is 0.106 e. The molecule has 0 saturated carbocycles. The molecule has 1 atom stereocenters. The minimum Gasteiger partial charge on any atom is -0.375 e. The number of benzene rings is 1.